The number of alkyl halides is 3. The summed E-state index contributed by atoms with van der Waals surface area (Å²) in [7, 11) is -1.84. The van der Waals surface area contributed by atoms with E-state index < -0.39 is 28.8 Å². The van der Waals surface area contributed by atoms with E-state index in [2.05, 4.69) is 0 Å². The minimum absolute atomic E-state index is 0.286. The average molecular weight is 252 g/mol. The molecule has 0 spiro atoms. The zero-order valence-corrected chi connectivity index (χ0v) is 9.31. The largest absolute Gasteiger partial charge is 0.415 e. The van der Waals surface area contributed by atoms with Crippen LogP contribution in [0, 0.1) is 6.92 Å². The Labute approximate surface area is 93.6 Å². The molecule has 0 fully saturated rings. The summed E-state index contributed by atoms with van der Waals surface area (Å²) in [6.07, 6.45) is -7.27. The molecular weight excluding hydrogens is 241 g/mol. The Morgan fingerprint density at radius 2 is 1.81 bits per heavy atom. The Balaban J connectivity index is 2.70. The zero-order valence-electron chi connectivity index (χ0n) is 8.49. The topological polar surface area (TPSA) is 37.3 Å². The molecule has 0 amide bonds. The molecule has 1 aromatic rings. The van der Waals surface area contributed by atoms with Gasteiger partial charge in [0, 0.05) is 4.90 Å². The monoisotopic (exact) mass is 252 g/mol. The van der Waals surface area contributed by atoms with Gasteiger partial charge in [-0.3, -0.25) is 4.21 Å². The van der Waals surface area contributed by atoms with E-state index in [1.807, 2.05) is 6.92 Å². The number of hydrogen-bond acceptors (Lipinski definition) is 2. The molecule has 6 heteroatoms. The molecule has 0 aliphatic heterocycles. The van der Waals surface area contributed by atoms with E-state index in [0.29, 0.717) is 0 Å². The third-order valence-corrected chi connectivity index (χ3v) is 3.39. The maximum atomic E-state index is 12.0. The van der Waals surface area contributed by atoms with Crippen molar-refractivity contribution in [3.63, 3.8) is 0 Å². The second kappa shape index (κ2) is 4.97. The Hall–Kier alpha value is -0.880. The fourth-order valence-corrected chi connectivity index (χ4v) is 2.13. The van der Waals surface area contributed by atoms with Crippen LogP contribution in [0.1, 0.15) is 5.56 Å². The predicted octanol–water partition coefficient (Wildman–Crippen LogP) is 2.03. The normalized spacial score (nSPS) is 15.8. The predicted molar refractivity (Wildman–Crippen MR) is 54.5 cm³/mol. The molecule has 0 saturated carbocycles. The van der Waals surface area contributed by atoms with Crippen molar-refractivity contribution in [3.8, 4) is 0 Å². The Morgan fingerprint density at radius 3 is 2.25 bits per heavy atom. The van der Waals surface area contributed by atoms with Crippen molar-refractivity contribution in [1.82, 2.24) is 0 Å². The van der Waals surface area contributed by atoms with Crippen LogP contribution in [0.25, 0.3) is 0 Å². The fraction of sp³-hybridized carbons (Fsp3) is 0.400. The third kappa shape index (κ3) is 3.61. The molecule has 2 atom stereocenters. The highest BCUT2D eigenvalue weighted by molar-refractivity contribution is 7.85. The van der Waals surface area contributed by atoms with Gasteiger partial charge in [0.2, 0.25) is 0 Å². The molecule has 0 heterocycles. The molecule has 2 nitrogen and oxygen atoms in total. The van der Waals surface area contributed by atoms with Crippen LogP contribution in [0.3, 0.4) is 0 Å². The van der Waals surface area contributed by atoms with Gasteiger partial charge in [0.15, 0.2) is 6.10 Å². The van der Waals surface area contributed by atoms with Crippen molar-refractivity contribution in [3.05, 3.63) is 29.8 Å². The third-order valence-electron chi connectivity index (χ3n) is 1.97. The quantitative estimate of drug-likeness (QED) is 0.893. The zero-order chi connectivity index (χ0) is 12.3. The van der Waals surface area contributed by atoms with Crippen LogP contribution in [-0.2, 0) is 10.8 Å². The standard InChI is InChI=1S/C10H11F3O2S/c1-7-2-4-8(5-3-7)16(15)6-9(14)10(11,12)13/h2-5,9,14H,6H2,1H3/t9-,16?/m0/s1. The van der Waals surface area contributed by atoms with Gasteiger partial charge in [-0.2, -0.15) is 13.2 Å². The van der Waals surface area contributed by atoms with Crippen LogP contribution in [0.5, 0.6) is 0 Å². The summed E-state index contributed by atoms with van der Waals surface area (Å²) in [6, 6.07) is 6.31. The summed E-state index contributed by atoms with van der Waals surface area (Å²) in [5, 5.41) is 8.75. The van der Waals surface area contributed by atoms with Crippen molar-refractivity contribution in [1.29, 1.82) is 0 Å². The molecule has 90 valence electrons. The number of benzene rings is 1. The maximum absolute atomic E-state index is 12.0. The summed E-state index contributed by atoms with van der Waals surface area (Å²) < 4.78 is 47.5. The molecule has 1 aromatic carbocycles. The minimum atomic E-state index is -4.72. The molecular formula is C10H11F3O2S. The smallest absolute Gasteiger partial charge is 0.383 e. The Bertz CT molecular complexity index is 373. The van der Waals surface area contributed by atoms with Gasteiger partial charge in [0.25, 0.3) is 0 Å². The number of aryl methyl sites for hydroxylation is 1. The van der Waals surface area contributed by atoms with E-state index in [1.165, 1.54) is 12.1 Å². The lowest BCUT2D eigenvalue weighted by Crippen LogP contribution is -2.33. The van der Waals surface area contributed by atoms with Gasteiger partial charge in [-0.1, -0.05) is 17.7 Å². The van der Waals surface area contributed by atoms with Gasteiger partial charge >= 0.3 is 6.18 Å². The number of halogens is 3. The number of aliphatic hydroxyl groups is 1. The van der Waals surface area contributed by atoms with Crippen LogP contribution in [0.4, 0.5) is 13.2 Å². The van der Waals surface area contributed by atoms with E-state index in [4.69, 9.17) is 5.11 Å². The molecule has 0 aromatic heterocycles. The first kappa shape index (κ1) is 13.2. The van der Waals surface area contributed by atoms with Gasteiger partial charge in [-0.15, -0.1) is 0 Å². The lowest BCUT2D eigenvalue weighted by Gasteiger charge is -2.13. The van der Waals surface area contributed by atoms with Gasteiger partial charge in [0.05, 0.1) is 16.6 Å². The molecule has 16 heavy (non-hydrogen) atoms. The molecule has 1 N–H and O–H groups in total. The van der Waals surface area contributed by atoms with E-state index >= 15 is 0 Å². The highest BCUT2D eigenvalue weighted by atomic mass is 32.2. The van der Waals surface area contributed by atoms with Gasteiger partial charge in [-0.25, -0.2) is 0 Å². The van der Waals surface area contributed by atoms with E-state index in [-0.39, 0.29) is 4.90 Å². The summed E-state index contributed by atoms with van der Waals surface area (Å²) in [6.45, 7) is 1.82. The van der Waals surface area contributed by atoms with Crippen LogP contribution in [-0.4, -0.2) is 27.3 Å². The first-order valence-corrected chi connectivity index (χ1v) is 5.82. The molecule has 1 rings (SSSR count). The summed E-state index contributed by atoms with van der Waals surface area (Å²) in [4.78, 5) is 0.286. The fourth-order valence-electron chi connectivity index (χ4n) is 1.02. The van der Waals surface area contributed by atoms with Crippen LogP contribution >= 0.6 is 0 Å². The summed E-state index contributed by atoms with van der Waals surface area (Å²) in [5.41, 5.74) is 0.928. The van der Waals surface area contributed by atoms with Crippen molar-refractivity contribution in [2.45, 2.75) is 24.1 Å². The molecule has 0 saturated heterocycles. The second-order valence-electron chi connectivity index (χ2n) is 3.38. The van der Waals surface area contributed by atoms with Gasteiger partial charge in [0.1, 0.15) is 0 Å². The molecule has 1 unspecified atom stereocenters. The van der Waals surface area contributed by atoms with E-state index in [9.17, 15) is 17.4 Å². The van der Waals surface area contributed by atoms with Crippen LogP contribution < -0.4 is 0 Å². The number of hydrogen-bond donors (Lipinski definition) is 1. The number of aliphatic hydroxyl groups excluding tert-OH is 1. The first-order valence-electron chi connectivity index (χ1n) is 4.50. The Kier molecular flexibility index (Phi) is 4.09. The van der Waals surface area contributed by atoms with Crippen molar-refractivity contribution < 1.29 is 22.5 Å². The van der Waals surface area contributed by atoms with Crippen LogP contribution in [0.15, 0.2) is 29.2 Å². The second-order valence-corrected chi connectivity index (χ2v) is 4.88. The Morgan fingerprint density at radius 1 is 1.31 bits per heavy atom. The molecule has 0 aliphatic carbocycles. The highest BCUT2D eigenvalue weighted by Crippen LogP contribution is 2.22. The van der Waals surface area contributed by atoms with E-state index in [0.717, 1.165) is 5.56 Å². The molecule has 0 radical (unpaired) electrons. The number of rotatable bonds is 3. The van der Waals surface area contributed by atoms with Crippen molar-refractivity contribution in [2.24, 2.45) is 0 Å². The highest BCUT2D eigenvalue weighted by Gasteiger charge is 2.39. The maximum Gasteiger partial charge on any atom is 0.415 e. The lowest BCUT2D eigenvalue weighted by atomic mass is 10.2. The average Bonchev–Trinajstić information content (AvgIpc) is 2.17. The van der Waals surface area contributed by atoms with Crippen LogP contribution in [0.2, 0.25) is 0 Å². The summed E-state index contributed by atoms with van der Waals surface area (Å²) >= 11 is 0. The van der Waals surface area contributed by atoms with Crippen molar-refractivity contribution >= 4 is 10.8 Å². The minimum Gasteiger partial charge on any atom is -0.383 e. The van der Waals surface area contributed by atoms with Gasteiger partial charge < -0.3 is 5.11 Å². The SMILES string of the molecule is Cc1ccc(S(=O)C[C@H](O)C(F)(F)F)cc1. The van der Waals surface area contributed by atoms with Crippen molar-refractivity contribution in [2.75, 3.05) is 5.75 Å². The first-order chi connectivity index (χ1) is 7.30. The summed E-state index contributed by atoms with van der Waals surface area (Å²) in [5.74, 6) is -0.827. The lowest BCUT2D eigenvalue weighted by molar-refractivity contribution is -0.196. The van der Waals surface area contributed by atoms with E-state index in [1.54, 1.807) is 12.1 Å². The molecule has 0 aliphatic rings. The van der Waals surface area contributed by atoms with Gasteiger partial charge in [-0.05, 0) is 19.1 Å². The molecule has 0 bridgehead atoms.